The van der Waals surface area contributed by atoms with Gasteiger partial charge >= 0.3 is 17.9 Å². The maximum atomic E-state index is 12.0. The van der Waals surface area contributed by atoms with Crippen molar-refractivity contribution in [1.29, 1.82) is 0 Å². The standard InChI is InChI=1S/C32H38O9/c1-24(2)32(36)41-20-7-5-4-6-19-38-27-14-9-25(10-15-27)13-18-31(35)40-22-8-21-39-28-16-11-26(12-17-30(33)34)23-29(28)37-3/h9-18,23H,1,4-8,19-22H2,2-3H3,(H,33,34)/b17-12+,18-13+. The molecule has 0 heterocycles. The number of esters is 2. The Labute approximate surface area is 241 Å². The molecule has 0 fully saturated rings. The minimum absolute atomic E-state index is 0.192. The minimum Gasteiger partial charge on any atom is -0.494 e. The second-order valence-electron chi connectivity index (χ2n) is 9.03. The molecule has 0 bridgehead atoms. The predicted molar refractivity (Wildman–Crippen MR) is 156 cm³/mol. The lowest BCUT2D eigenvalue weighted by molar-refractivity contribution is -0.139. The van der Waals surface area contributed by atoms with Gasteiger partial charge in [-0.15, -0.1) is 0 Å². The van der Waals surface area contributed by atoms with Crippen LogP contribution in [0.4, 0.5) is 0 Å². The predicted octanol–water partition coefficient (Wildman–Crippen LogP) is 5.88. The van der Waals surface area contributed by atoms with Gasteiger partial charge in [-0.3, -0.25) is 0 Å². The van der Waals surface area contributed by atoms with Crippen LogP contribution in [0.2, 0.25) is 0 Å². The number of methoxy groups -OCH3 is 1. The number of ether oxygens (including phenoxy) is 5. The number of hydrogen-bond donors (Lipinski definition) is 1. The normalized spacial score (nSPS) is 10.9. The molecule has 41 heavy (non-hydrogen) atoms. The zero-order valence-corrected chi connectivity index (χ0v) is 23.6. The van der Waals surface area contributed by atoms with Gasteiger partial charge in [-0.1, -0.05) is 24.8 Å². The number of benzene rings is 2. The Kier molecular flexibility index (Phi) is 14.9. The lowest BCUT2D eigenvalue weighted by Crippen LogP contribution is -2.07. The molecule has 0 saturated carbocycles. The third kappa shape index (κ3) is 13.9. The molecule has 220 valence electrons. The fourth-order valence-electron chi connectivity index (χ4n) is 3.41. The van der Waals surface area contributed by atoms with Crippen molar-refractivity contribution in [2.75, 3.05) is 33.5 Å². The third-order valence-electron chi connectivity index (χ3n) is 5.58. The molecule has 9 heteroatoms. The molecular weight excluding hydrogens is 528 g/mol. The highest BCUT2D eigenvalue weighted by Gasteiger charge is 2.06. The number of carbonyl (C=O) groups excluding carboxylic acids is 2. The highest BCUT2D eigenvalue weighted by molar-refractivity contribution is 5.87. The van der Waals surface area contributed by atoms with Crippen LogP contribution in [-0.4, -0.2) is 56.6 Å². The molecular formula is C32H38O9. The average Bonchev–Trinajstić information content (AvgIpc) is 2.96. The summed E-state index contributed by atoms with van der Waals surface area (Å²) in [4.78, 5) is 34.0. The van der Waals surface area contributed by atoms with Crippen LogP contribution >= 0.6 is 0 Å². The van der Waals surface area contributed by atoms with Crippen molar-refractivity contribution < 1.29 is 43.2 Å². The van der Waals surface area contributed by atoms with Crippen LogP contribution < -0.4 is 14.2 Å². The smallest absolute Gasteiger partial charge is 0.333 e. The van der Waals surface area contributed by atoms with E-state index in [9.17, 15) is 14.4 Å². The quantitative estimate of drug-likeness (QED) is 0.126. The SMILES string of the molecule is C=C(C)C(=O)OCCCCCCOc1ccc(/C=C/C(=O)OCCCOc2ccc(/C=C/C(=O)O)cc2OC)cc1. The summed E-state index contributed by atoms with van der Waals surface area (Å²) in [6.45, 7) is 6.69. The molecule has 0 aromatic heterocycles. The number of carboxylic acid groups (broad SMARTS) is 1. The summed E-state index contributed by atoms with van der Waals surface area (Å²) in [5.74, 6) is -0.0899. The van der Waals surface area contributed by atoms with E-state index in [1.165, 1.54) is 19.3 Å². The fraction of sp³-hybridized carbons (Fsp3) is 0.344. The maximum Gasteiger partial charge on any atom is 0.333 e. The van der Waals surface area contributed by atoms with Crippen LogP contribution in [0.1, 0.15) is 50.2 Å². The molecule has 2 rings (SSSR count). The van der Waals surface area contributed by atoms with Crippen LogP contribution in [0.3, 0.4) is 0 Å². The molecule has 0 unspecified atom stereocenters. The molecule has 0 aliphatic carbocycles. The van der Waals surface area contributed by atoms with Gasteiger partial charge in [-0.25, -0.2) is 14.4 Å². The lowest BCUT2D eigenvalue weighted by Gasteiger charge is -2.11. The Bertz CT molecular complexity index is 1200. The number of hydrogen-bond acceptors (Lipinski definition) is 8. The number of carboxylic acids is 1. The summed E-state index contributed by atoms with van der Waals surface area (Å²) in [6, 6.07) is 12.5. The largest absolute Gasteiger partial charge is 0.494 e. The highest BCUT2D eigenvalue weighted by Crippen LogP contribution is 2.28. The number of aliphatic carboxylic acids is 1. The fourth-order valence-corrected chi connectivity index (χ4v) is 3.41. The van der Waals surface area contributed by atoms with Gasteiger partial charge in [0.15, 0.2) is 11.5 Å². The number of carbonyl (C=O) groups is 3. The molecule has 9 nitrogen and oxygen atoms in total. The van der Waals surface area contributed by atoms with E-state index < -0.39 is 11.9 Å². The van der Waals surface area contributed by atoms with Crippen molar-refractivity contribution in [3.05, 3.63) is 77.9 Å². The Morgan fingerprint density at radius 1 is 0.756 bits per heavy atom. The van der Waals surface area contributed by atoms with E-state index in [4.69, 9.17) is 28.8 Å². The first-order valence-corrected chi connectivity index (χ1v) is 13.4. The van der Waals surface area contributed by atoms with Gasteiger partial charge in [0, 0.05) is 24.1 Å². The van der Waals surface area contributed by atoms with E-state index in [1.54, 1.807) is 31.2 Å². The second kappa shape index (κ2) is 18.7. The van der Waals surface area contributed by atoms with Crippen LogP contribution in [0.25, 0.3) is 12.2 Å². The van der Waals surface area contributed by atoms with E-state index in [0.717, 1.165) is 43.1 Å². The number of rotatable bonds is 19. The van der Waals surface area contributed by atoms with Gasteiger partial charge in [0.2, 0.25) is 0 Å². The summed E-state index contributed by atoms with van der Waals surface area (Å²) in [7, 11) is 1.50. The highest BCUT2D eigenvalue weighted by atomic mass is 16.5. The van der Waals surface area contributed by atoms with Crippen molar-refractivity contribution in [2.45, 2.75) is 39.0 Å². The van der Waals surface area contributed by atoms with Crippen LogP contribution in [0.5, 0.6) is 17.2 Å². The molecule has 2 aromatic carbocycles. The van der Waals surface area contributed by atoms with E-state index in [-0.39, 0.29) is 12.6 Å². The van der Waals surface area contributed by atoms with Crippen molar-refractivity contribution in [1.82, 2.24) is 0 Å². The number of unbranched alkanes of at least 4 members (excludes halogenated alkanes) is 3. The van der Waals surface area contributed by atoms with Crippen molar-refractivity contribution in [2.24, 2.45) is 0 Å². The topological polar surface area (TPSA) is 118 Å². The second-order valence-corrected chi connectivity index (χ2v) is 9.03. The van der Waals surface area contributed by atoms with Gasteiger partial charge < -0.3 is 28.8 Å². The zero-order valence-electron chi connectivity index (χ0n) is 23.6. The molecule has 0 atom stereocenters. The van der Waals surface area contributed by atoms with Crippen LogP contribution in [0, 0.1) is 0 Å². The van der Waals surface area contributed by atoms with Gasteiger partial charge in [0.05, 0.1) is 33.5 Å². The molecule has 0 aliphatic rings. The molecule has 0 amide bonds. The molecule has 0 saturated heterocycles. The summed E-state index contributed by atoms with van der Waals surface area (Å²) >= 11 is 0. The van der Waals surface area contributed by atoms with E-state index in [0.29, 0.717) is 48.9 Å². The van der Waals surface area contributed by atoms with Gasteiger partial charge in [-0.05, 0) is 80.2 Å². The Balaban J connectivity index is 1.60. The Morgan fingerprint density at radius 2 is 1.39 bits per heavy atom. The maximum absolute atomic E-state index is 12.0. The first kappa shape index (κ1) is 32.7. The minimum atomic E-state index is -1.03. The van der Waals surface area contributed by atoms with E-state index in [1.807, 2.05) is 24.3 Å². The Hall–Kier alpha value is -4.53. The third-order valence-corrected chi connectivity index (χ3v) is 5.58. The summed E-state index contributed by atoms with van der Waals surface area (Å²) < 4.78 is 27.0. The summed E-state index contributed by atoms with van der Waals surface area (Å²) in [5.41, 5.74) is 1.93. The summed E-state index contributed by atoms with van der Waals surface area (Å²) in [5, 5.41) is 8.74. The lowest BCUT2D eigenvalue weighted by atomic mass is 10.2. The van der Waals surface area contributed by atoms with Gasteiger partial charge in [0.1, 0.15) is 5.75 Å². The van der Waals surface area contributed by atoms with E-state index >= 15 is 0 Å². The molecule has 2 aromatic rings. The van der Waals surface area contributed by atoms with Crippen molar-refractivity contribution in [3.63, 3.8) is 0 Å². The Morgan fingerprint density at radius 3 is 2.07 bits per heavy atom. The van der Waals surface area contributed by atoms with Crippen molar-refractivity contribution in [3.8, 4) is 17.2 Å². The molecule has 0 aliphatic heterocycles. The van der Waals surface area contributed by atoms with Gasteiger partial charge in [-0.2, -0.15) is 0 Å². The monoisotopic (exact) mass is 566 g/mol. The first-order valence-electron chi connectivity index (χ1n) is 13.4. The van der Waals surface area contributed by atoms with E-state index in [2.05, 4.69) is 6.58 Å². The molecule has 0 spiro atoms. The average molecular weight is 567 g/mol. The molecule has 1 N–H and O–H groups in total. The summed E-state index contributed by atoms with van der Waals surface area (Å²) in [6.07, 6.45) is 9.69. The first-order chi connectivity index (χ1) is 19.8. The molecule has 0 radical (unpaired) electrons. The van der Waals surface area contributed by atoms with Crippen LogP contribution in [0.15, 0.2) is 66.8 Å². The van der Waals surface area contributed by atoms with Crippen LogP contribution in [-0.2, 0) is 23.9 Å². The zero-order chi connectivity index (χ0) is 29.9. The van der Waals surface area contributed by atoms with Crippen molar-refractivity contribution >= 4 is 30.1 Å². The van der Waals surface area contributed by atoms with Gasteiger partial charge in [0.25, 0.3) is 0 Å².